The fourth-order valence-corrected chi connectivity index (χ4v) is 3.29. The smallest absolute Gasteiger partial charge is 0.417 e. The Morgan fingerprint density at radius 2 is 2.04 bits per heavy atom. The molecule has 1 fully saturated rings. The lowest BCUT2D eigenvalue weighted by atomic mass is 9.74. The molecule has 0 N–H and O–H groups in total. The van der Waals surface area contributed by atoms with Gasteiger partial charge in [0.2, 0.25) is 0 Å². The van der Waals surface area contributed by atoms with Gasteiger partial charge in [-0.3, -0.25) is 4.79 Å². The molecule has 1 unspecified atom stereocenters. The van der Waals surface area contributed by atoms with E-state index in [1.54, 1.807) is 19.9 Å². The van der Waals surface area contributed by atoms with Crippen LogP contribution in [0.4, 0.5) is 18.9 Å². The SMILES string of the molecule is COC(=O)C(C)(C)C1CCCN(c2ccc(C#N)c(C(F)(F)F)c2)C1. The quantitative estimate of drug-likeness (QED) is 0.770. The van der Waals surface area contributed by atoms with Crippen molar-refractivity contribution in [3.8, 4) is 6.07 Å². The van der Waals surface area contributed by atoms with Crippen LogP contribution >= 0.6 is 0 Å². The molecule has 0 saturated carbocycles. The zero-order valence-corrected chi connectivity index (χ0v) is 14.5. The number of carbonyl (C=O) groups excluding carboxylic acids is 1. The van der Waals surface area contributed by atoms with Crippen LogP contribution in [0.5, 0.6) is 0 Å². The summed E-state index contributed by atoms with van der Waals surface area (Å²) in [6.07, 6.45) is -3.00. The Morgan fingerprint density at radius 1 is 1.36 bits per heavy atom. The number of nitrogens with zero attached hydrogens (tertiary/aromatic N) is 2. The van der Waals surface area contributed by atoms with E-state index in [9.17, 15) is 18.0 Å². The van der Waals surface area contributed by atoms with E-state index in [4.69, 9.17) is 10.00 Å². The van der Waals surface area contributed by atoms with Crippen molar-refractivity contribution in [1.82, 2.24) is 0 Å². The Hall–Kier alpha value is -2.23. The molecule has 2 rings (SSSR count). The molecule has 4 nitrogen and oxygen atoms in total. The molecule has 1 aliphatic heterocycles. The van der Waals surface area contributed by atoms with Gasteiger partial charge in [-0.15, -0.1) is 0 Å². The molecule has 25 heavy (non-hydrogen) atoms. The molecular formula is C18H21F3N2O2. The van der Waals surface area contributed by atoms with Gasteiger partial charge in [-0.25, -0.2) is 0 Å². The van der Waals surface area contributed by atoms with E-state index in [0.717, 1.165) is 18.9 Å². The Balaban J connectivity index is 2.30. The van der Waals surface area contributed by atoms with Gasteiger partial charge >= 0.3 is 12.1 Å². The van der Waals surface area contributed by atoms with E-state index >= 15 is 0 Å². The summed E-state index contributed by atoms with van der Waals surface area (Å²) in [5.74, 6) is -0.353. The summed E-state index contributed by atoms with van der Waals surface area (Å²) in [5, 5.41) is 8.90. The minimum Gasteiger partial charge on any atom is -0.469 e. The fourth-order valence-electron chi connectivity index (χ4n) is 3.29. The lowest BCUT2D eigenvalue weighted by Crippen LogP contribution is -2.45. The van der Waals surface area contributed by atoms with Gasteiger partial charge in [0, 0.05) is 18.8 Å². The second-order valence-electron chi connectivity index (χ2n) is 6.84. The maximum absolute atomic E-state index is 13.2. The van der Waals surface area contributed by atoms with Crippen LogP contribution in [0, 0.1) is 22.7 Å². The van der Waals surface area contributed by atoms with Crippen LogP contribution in [0.25, 0.3) is 0 Å². The maximum atomic E-state index is 13.2. The van der Waals surface area contributed by atoms with Crippen molar-refractivity contribution in [3.63, 3.8) is 0 Å². The highest BCUT2D eigenvalue weighted by atomic mass is 19.4. The standard InChI is InChI=1S/C18H21F3N2O2/c1-17(2,16(24)25-3)13-5-4-8-23(11-13)14-7-6-12(10-22)15(9-14)18(19,20)21/h6-7,9,13H,4-5,8,11H2,1-3H3. The number of nitriles is 1. The first-order valence-electron chi connectivity index (χ1n) is 8.06. The van der Waals surface area contributed by atoms with Crippen molar-refractivity contribution in [1.29, 1.82) is 5.26 Å². The highest BCUT2D eigenvalue weighted by Crippen LogP contribution is 2.38. The number of esters is 1. The van der Waals surface area contributed by atoms with Crippen molar-refractivity contribution >= 4 is 11.7 Å². The fraction of sp³-hybridized carbons (Fsp3) is 0.556. The largest absolute Gasteiger partial charge is 0.469 e. The number of benzene rings is 1. The van der Waals surface area contributed by atoms with Crippen LogP contribution in [0.3, 0.4) is 0 Å². The van der Waals surface area contributed by atoms with Crippen LogP contribution in [0.1, 0.15) is 37.8 Å². The predicted octanol–water partition coefficient (Wildman–Crippen LogP) is 3.99. The molecule has 1 heterocycles. The number of ether oxygens (including phenoxy) is 1. The second-order valence-corrected chi connectivity index (χ2v) is 6.84. The Labute approximate surface area is 145 Å². The van der Waals surface area contributed by atoms with Crippen LogP contribution in [-0.4, -0.2) is 26.2 Å². The van der Waals surface area contributed by atoms with Crippen molar-refractivity contribution < 1.29 is 22.7 Å². The van der Waals surface area contributed by atoms with Gasteiger partial charge in [-0.05, 0) is 50.8 Å². The third kappa shape index (κ3) is 3.89. The number of piperidine rings is 1. The minimum atomic E-state index is -4.58. The molecule has 1 aliphatic rings. The number of anilines is 1. The summed E-state index contributed by atoms with van der Waals surface area (Å²) < 4.78 is 44.4. The molecule has 1 aromatic carbocycles. The van der Waals surface area contributed by atoms with E-state index in [0.29, 0.717) is 18.8 Å². The molecule has 1 atom stereocenters. The van der Waals surface area contributed by atoms with Crippen LogP contribution < -0.4 is 4.90 Å². The van der Waals surface area contributed by atoms with E-state index in [-0.39, 0.29) is 17.5 Å². The molecule has 7 heteroatoms. The molecule has 0 spiro atoms. The lowest BCUT2D eigenvalue weighted by Gasteiger charge is -2.41. The third-order valence-electron chi connectivity index (χ3n) is 4.95. The van der Waals surface area contributed by atoms with E-state index in [2.05, 4.69) is 0 Å². The summed E-state index contributed by atoms with van der Waals surface area (Å²) in [6, 6.07) is 5.34. The zero-order valence-electron chi connectivity index (χ0n) is 14.5. The summed E-state index contributed by atoms with van der Waals surface area (Å²) in [4.78, 5) is 13.9. The number of methoxy groups -OCH3 is 1. The van der Waals surface area contributed by atoms with E-state index in [1.165, 1.54) is 19.2 Å². The Bertz CT molecular complexity index is 693. The predicted molar refractivity (Wildman–Crippen MR) is 86.9 cm³/mol. The van der Waals surface area contributed by atoms with Gasteiger partial charge in [0.1, 0.15) is 0 Å². The Morgan fingerprint density at radius 3 is 2.60 bits per heavy atom. The van der Waals surface area contributed by atoms with Crippen LogP contribution in [0.2, 0.25) is 0 Å². The number of rotatable bonds is 3. The molecule has 0 aromatic heterocycles. The molecule has 0 amide bonds. The topological polar surface area (TPSA) is 53.3 Å². The van der Waals surface area contributed by atoms with Gasteiger partial charge < -0.3 is 9.64 Å². The van der Waals surface area contributed by atoms with Gasteiger partial charge in [0.05, 0.1) is 29.7 Å². The Kier molecular flexibility index (Phi) is 5.31. The van der Waals surface area contributed by atoms with E-state index in [1.807, 2.05) is 4.90 Å². The molecular weight excluding hydrogens is 333 g/mol. The normalized spacial score (nSPS) is 18.6. The average Bonchev–Trinajstić information content (AvgIpc) is 2.59. The average molecular weight is 354 g/mol. The summed E-state index contributed by atoms with van der Waals surface area (Å²) in [7, 11) is 1.33. The van der Waals surface area contributed by atoms with Crippen molar-refractivity contribution in [2.24, 2.45) is 11.3 Å². The molecule has 136 valence electrons. The molecule has 1 saturated heterocycles. The third-order valence-corrected chi connectivity index (χ3v) is 4.95. The first-order chi connectivity index (χ1) is 11.6. The van der Waals surface area contributed by atoms with Crippen molar-refractivity contribution in [2.45, 2.75) is 32.9 Å². The van der Waals surface area contributed by atoms with Crippen LogP contribution in [-0.2, 0) is 15.7 Å². The number of hydrogen-bond acceptors (Lipinski definition) is 4. The first kappa shape index (κ1) is 19.1. The van der Waals surface area contributed by atoms with Crippen LogP contribution in [0.15, 0.2) is 18.2 Å². The number of hydrogen-bond donors (Lipinski definition) is 0. The zero-order chi connectivity index (χ0) is 18.8. The van der Waals surface area contributed by atoms with Gasteiger partial charge in [0.25, 0.3) is 0 Å². The first-order valence-corrected chi connectivity index (χ1v) is 8.06. The summed E-state index contributed by atoms with van der Waals surface area (Å²) >= 11 is 0. The highest BCUT2D eigenvalue weighted by Gasteiger charge is 2.40. The van der Waals surface area contributed by atoms with E-state index < -0.39 is 17.2 Å². The lowest BCUT2D eigenvalue weighted by molar-refractivity contribution is -0.154. The second kappa shape index (κ2) is 6.95. The highest BCUT2D eigenvalue weighted by molar-refractivity contribution is 5.76. The maximum Gasteiger partial charge on any atom is 0.417 e. The van der Waals surface area contributed by atoms with Crippen molar-refractivity contribution in [2.75, 3.05) is 25.1 Å². The number of carbonyl (C=O) groups is 1. The summed E-state index contributed by atoms with van der Waals surface area (Å²) in [5.41, 5.74) is -1.62. The summed E-state index contributed by atoms with van der Waals surface area (Å²) in [6.45, 7) is 4.67. The number of halogens is 3. The van der Waals surface area contributed by atoms with Gasteiger partial charge in [0.15, 0.2) is 0 Å². The van der Waals surface area contributed by atoms with Crippen molar-refractivity contribution in [3.05, 3.63) is 29.3 Å². The monoisotopic (exact) mass is 354 g/mol. The minimum absolute atomic E-state index is 0.0290. The van der Waals surface area contributed by atoms with Gasteiger partial charge in [-0.2, -0.15) is 18.4 Å². The molecule has 0 bridgehead atoms. The number of alkyl halides is 3. The molecule has 0 aliphatic carbocycles. The molecule has 0 radical (unpaired) electrons. The van der Waals surface area contributed by atoms with Gasteiger partial charge in [-0.1, -0.05) is 0 Å². The molecule has 1 aromatic rings.